The first kappa shape index (κ1) is 13.5. The van der Waals surface area contributed by atoms with Gasteiger partial charge >= 0.3 is 5.97 Å². The van der Waals surface area contributed by atoms with Crippen LogP contribution >= 0.6 is 0 Å². The quantitative estimate of drug-likeness (QED) is 0.709. The van der Waals surface area contributed by atoms with Crippen molar-refractivity contribution in [2.75, 3.05) is 6.61 Å². The van der Waals surface area contributed by atoms with Gasteiger partial charge in [-0.15, -0.1) is 0 Å². The lowest BCUT2D eigenvalue weighted by Crippen LogP contribution is -2.44. The minimum absolute atomic E-state index is 0.0741. The highest BCUT2D eigenvalue weighted by Gasteiger charge is 2.23. The van der Waals surface area contributed by atoms with Gasteiger partial charge < -0.3 is 10.1 Å². The van der Waals surface area contributed by atoms with E-state index < -0.39 is 0 Å². The number of esters is 1. The normalized spacial score (nSPS) is 19.4. The number of carbonyl (C=O) groups is 1. The average molecular weight is 227 g/mol. The molecule has 3 heteroatoms. The Labute approximate surface area is 98.9 Å². The van der Waals surface area contributed by atoms with Crippen LogP contribution in [0.15, 0.2) is 0 Å². The van der Waals surface area contributed by atoms with Crippen LogP contribution in [0.4, 0.5) is 0 Å². The smallest absolute Gasteiger partial charge is 0.323 e. The van der Waals surface area contributed by atoms with Gasteiger partial charge in [0, 0.05) is 6.04 Å². The Morgan fingerprint density at radius 2 is 2.00 bits per heavy atom. The molecular formula is C13H25NO2. The number of ether oxygens (including phenoxy) is 1. The van der Waals surface area contributed by atoms with Crippen LogP contribution in [0, 0.1) is 0 Å². The maximum Gasteiger partial charge on any atom is 0.323 e. The first-order chi connectivity index (χ1) is 7.77. The third-order valence-corrected chi connectivity index (χ3v) is 3.19. The van der Waals surface area contributed by atoms with Gasteiger partial charge in [-0.2, -0.15) is 0 Å². The van der Waals surface area contributed by atoms with Gasteiger partial charge in [-0.1, -0.05) is 32.6 Å². The molecule has 1 aliphatic rings. The Kier molecular flexibility index (Phi) is 6.46. The minimum Gasteiger partial charge on any atom is -0.465 e. The number of nitrogens with one attached hydrogen (secondary N) is 1. The van der Waals surface area contributed by atoms with E-state index in [1.165, 1.54) is 32.1 Å². The van der Waals surface area contributed by atoms with E-state index in [1.807, 2.05) is 6.92 Å². The van der Waals surface area contributed by atoms with Gasteiger partial charge in [0.1, 0.15) is 6.04 Å². The largest absolute Gasteiger partial charge is 0.465 e. The Bertz CT molecular complexity index is 200. The van der Waals surface area contributed by atoms with Crippen molar-refractivity contribution in [3.63, 3.8) is 0 Å². The lowest BCUT2D eigenvalue weighted by atomic mass is 9.94. The summed E-state index contributed by atoms with van der Waals surface area (Å²) >= 11 is 0. The molecule has 94 valence electrons. The second-order valence-corrected chi connectivity index (χ2v) is 4.59. The van der Waals surface area contributed by atoms with Crippen molar-refractivity contribution in [3.05, 3.63) is 0 Å². The van der Waals surface area contributed by atoms with E-state index in [9.17, 15) is 4.79 Å². The highest BCUT2D eigenvalue weighted by atomic mass is 16.5. The molecule has 16 heavy (non-hydrogen) atoms. The van der Waals surface area contributed by atoms with E-state index in [4.69, 9.17) is 4.74 Å². The molecule has 1 N–H and O–H groups in total. The standard InChI is InChI=1S/C13H25NO2/c1-3-8-12(13(15)16-4-2)14-11-9-6-5-7-10-11/h11-12,14H,3-10H2,1-2H3. The maximum atomic E-state index is 11.7. The van der Waals surface area contributed by atoms with Gasteiger partial charge in [0.25, 0.3) is 0 Å². The lowest BCUT2D eigenvalue weighted by molar-refractivity contribution is -0.146. The topological polar surface area (TPSA) is 38.3 Å². The summed E-state index contributed by atoms with van der Waals surface area (Å²) < 4.78 is 5.10. The molecule has 0 spiro atoms. The van der Waals surface area contributed by atoms with Crippen LogP contribution in [-0.4, -0.2) is 24.7 Å². The van der Waals surface area contributed by atoms with Gasteiger partial charge in [-0.05, 0) is 26.2 Å². The van der Waals surface area contributed by atoms with Gasteiger partial charge in [-0.3, -0.25) is 4.79 Å². The van der Waals surface area contributed by atoms with Crippen molar-refractivity contribution in [3.8, 4) is 0 Å². The van der Waals surface area contributed by atoms with Crippen molar-refractivity contribution < 1.29 is 9.53 Å². The van der Waals surface area contributed by atoms with E-state index in [2.05, 4.69) is 12.2 Å². The summed E-state index contributed by atoms with van der Waals surface area (Å²) in [6.45, 7) is 4.45. The molecule has 0 aromatic rings. The van der Waals surface area contributed by atoms with Crippen LogP contribution in [0.2, 0.25) is 0 Å². The monoisotopic (exact) mass is 227 g/mol. The van der Waals surface area contributed by atoms with Crippen LogP contribution in [0.3, 0.4) is 0 Å². The first-order valence-corrected chi connectivity index (χ1v) is 6.70. The van der Waals surface area contributed by atoms with E-state index >= 15 is 0 Å². The summed E-state index contributed by atoms with van der Waals surface area (Å²) in [4.78, 5) is 11.7. The van der Waals surface area contributed by atoms with Crippen molar-refractivity contribution in [2.45, 2.75) is 70.9 Å². The van der Waals surface area contributed by atoms with Gasteiger partial charge in [-0.25, -0.2) is 0 Å². The van der Waals surface area contributed by atoms with Crippen molar-refractivity contribution in [2.24, 2.45) is 0 Å². The lowest BCUT2D eigenvalue weighted by Gasteiger charge is -2.27. The zero-order chi connectivity index (χ0) is 11.8. The van der Waals surface area contributed by atoms with Crippen molar-refractivity contribution in [1.82, 2.24) is 5.32 Å². The SMILES string of the molecule is CCCC(NC1CCCCC1)C(=O)OCC. The fourth-order valence-electron chi connectivity index (χ4n) is 2.35. The predicted octanol–water partition coefficient (Wildman–Crippen LogP) is 2.64. The molecule has 0 saturated heterocycles. The molecule has 0 aliphatic heterocycles. The molecule has 0 aromatic heterocycles. The molecule has 0 bridgehead atoms. The first-order valence-electron chi connectivity index (χ1n) is 6.70. The molecule has 1 unspecified atom stereocenters. The molecule has 1 saturated carbocycles. The third kappa shape index (κ3) is 4.52. The predicted molar refractivity (Wildman–Crippen MR) is 65.3 cm³/mol. The van der Waals surface area contributed by atoms with E-state index in [0.717, 1.165) is 12.8 Å². The summed E-state index contributed by atoms with van der Waals surface area (Å²) in [5, 5.41) is 3.47. The number of carbonyl (C=O) groups excluding carboxylic acids is 1. The van der Waals surface area contributed by atoms with E-state index in [1.54, 1.807) is 0 Å². The minimum atomic E-state index is -0.0898. The fraction of sp³-hybridized carbons (Fsp3) is 0.923. The van der Waals surface area contributed by atoms with E-state index in [-0.39, 0.29) is 12.0 Å². The molecule has 1 rings (SSSR count). The molecule has 0 amide bonds. The van der Waals surface area contributed by atoms with Gasteiger partial charge in [0.15, 0.2) is 0 Å². The maximum absolute atomic E-state index is 11.7. The Balaban J connectivity index is 2.39. The third-order valence-electron chi connectivity index (χ3n) is 3.19. The summed E-state index contributed by atoms with van der Waals surface area (Å²) in [5.74, 6) is -0.0741. The van der Waals surface area contributed by atoms with Crippen LogP contribution in [0.1, 0.15) is 58.8 Å². The van der Waals surface area contributed by atoms with Crippen LogP contribution in [0.5, 0.6) is 0 Å². The molecule has 1 aliphatic carbocycles. The number of hydrogen-bond donors (Lipinski definition) is 1. The fourth-order valence-corrected chi connectivity index (χ4v) is 2.35. The molecule has 0 heterocycles. The van der Waals surface area contributed by atoms with Gasteiger partial charge in [0.05, 0.1) is 6.61 Å². The Morgan fingerprint density at radius 3 is 2.56 bits per heavy atom. The molecule has 0 aromatic carbocycles. The van der Waals surface area contributed by atoms with Crippen LogP contribution < -0.4 is 5.32 Å². The second-order valence-electron chi connectivity index (χ2n) is 4.59. The zero-order valence-corrected chi connectivity index (χ0v) is 10.6. The summed E-state index contributed by atoms with van der Waals surface area (Å²) in [5.41, 5.74) is 0. The Morgan fingerprint density at radius 1 is 1.31 bits per heavy atom. The highest BCUT2D eigenvalue weighted by Crippen LogP contribution is 2.18. The molecule has 1 fully saturated rings. The van der Waals surface area contributed by atoms with Crippen molar-refractivity contribution >= 4 is 5.97 Å². The summed E-state index contributed by atoms with van der Waals surface area (Å²) in [6.07, 6.45) is 8.24. The summed E-state index contributed by atoms with van der Waals surface area (Å²) in [7, 11) is 0. The zero-order valence-electron chi connectivity index (χ0n) is 10.6. The average Bonchev–Trinajstić information content (AvgIpc) is 2.30. The molecule has 0 radical (unpaired) electrons. The molecule has 1 atom stereocenters. The van der Waals surface area contributed by atoms with Crippen molar-refractivity contribution in [1.29, 1.82) is 0 Å². The highest BCUT2D eigenvalue weighted by molar-refractivity contribution is 5.75. The Hall–Kier alpha value is -0.570. The van der Waals surface area contributed by atoms with E-state index in [0.29, 0.717) is 12.6 Å². The van der Waals surface area contributed by atoms with Crippen LogP contribution in [0.25, 0.3) is 0 Å². The molecular weight excluding hydrogens is 202 g/mol. The number of rotatable bonds is 6. The van der Waals surface area contributed by atoms with Crippen LogP contribution in [-0.2, 0) is 9.53 Å². The summed E-state index contributed by atoms with van der Waals surface area (Å²) in [6, 6.07) is 0.433. The second kappa shape index (κ2) is 7.66. The molecule has 3 nitrogen and oxygen atoms in total. The van der Waals surface area contributed by atoms with Gasteiger partial charge in [0.2, 0.25) is 0 Å². The number of hydrogen-bond acceptors (Lipinski definition) is 3.